The van der Waals surface area contributed by atoms with Crippen LogP contribution in [0.4, 0.5) is 0 Å². The number of hydrogen-bond acceptors (Lipinski definition) is 2. The lowest BCUT2D eigenvalue weighted by molar-refractivity contribution is -0.0844. The van der Waals surface area contributed by atoms with Crippen LogP contribution in [0.1, 0.15) is 25.7 Å². The van der Waals surface area contributed by atoms with Crippen LogP contribution < -0.4 is 0 Å². The van der Waals surface area contributed by atoms with Gasteiger partial charge in [-0.05, 0) is 18.8 Å². The van der Waals surface area contributed by atoms with Crippen LogP contribution in [0, 0.1) is 11.8 Å². The average molecular weight is 142 g/mol. The summed E-state index contributed by atoms with van der Waals surface area (Å²) >= 11 is 0. The minimum absolute atomic E-state index is 0.440. The molecule has 58 valence electrons. The molecule has 0 radical (unpaired) electrons. The third kappa shape index (κ3) is 0.956. The Labute approximate surface area is 61.2 Å². The molecule has 0 spiro atoms. The molecule has 2 aliphatic rings. The molecule has 1 aliphatic heterocycles. The van der Waals surface area contributed by atoms with Crippen molar-refractivity contribution in [1.29, 1.82) is 0 Å². The van der Waals surface area contributed by atoms with E-state index in [-0.39, 0.29) is 0 Å². The fourth-order valence-electron chi connectivity index (χ4n) is 2.16. The molecule has 2 rings (SSSR count). The largest absolute Gasteiger partial charge is 0.368 e. The topological polar surface area (TPSA) is 29.5 Å². The summed E-state index contributed by atoms with van der Waals surface area (Å²) in [6.07, 6.45) is 4.61. The summed E-state index contributed by atoms with van der Waals surface area (Å²) in [6.45, 7) is 0.797. The van der Waals surface area contributed by atoms with Crippen LogP contribution in [0.5, 0.6) is 0 Å². The van der Waals surface area contributed by atoms with E-state index in [1.807, 2.05) is 0 Å². The van der Waals surface area contributed by atoms with Crippen LogP contribution in [0.15, 0.2) is 0 Å². The highest BCUT2D eigenvalue weighted by Crippen LogP contribution is 2.37. The van der Waals surface area contributed by atoms with Crippen molar-refractivity contribution in [2.75, 3.05) is 6.61 Å². The zero-order chi connectivity index (χ0) is 6.97. The zero-order valence-corrected chi connectivity index (χ0v) is 6.12. The molecular weight excluding hydrogens is 128 g/mol. The molecule has 1 saturated heterocycles. The molecule has 1 saturated carbocycles. The number of hydrogen-bond donors (Lipinski definition) is 1. The Kier molecular flexibility index (Phi) is 1.66. The first-order chi connectivity index (χ1) is 4.88. The van der Waals surface area contributed by atoms with Crippen LogP contribution in [0.3, 0.4) is 0 Å². The standard InChI is InChI=1S/C8H14O2/c9-8-7-4-2-1-3-6(7)5-10-8/h6-9H,1-5H2/t6-,7-,8+/m1/s1. The number of fused-ring (bicyclic) bond motifs is 1. The summed E-state index contributed by atoms with van der Waals surface area (Å²) in [5.74, 6) is 1.14. The van der Waals surface area contributed by atoms with E-state index >= 15 is 0 Å². The third-order valence-corrected chi connectivity index (χ3v) is 2.82. The van der Waals surface area contributed by atoms with Crippen molar-refractivity contribution in [3.8, 4) is 0 Å². The van der Waals surface area contributed by atoms with Gasteiger partial charge < -0.3 is 9.84 Å². The summed E-state index contributed by atoms with van der Waals surface area (Å²) in [5, 5.41) is 9.30. The van der Waals surface area contributed by atoms with E-state index in [9.17, 15) is 5.11 Å². The SMILES string of the molecule is O[C@H]1OC[C@H]2CCCC[C@H]21. The summed E-state index contributed by atoms with van der Waals surface area (Å²) < 4.78 is 5.16. The molecule has 0 unspecified atom stereocenters. The Morgan fingerprint density at radius 2 is 2.00 bits per heavy atom. The van der Waals surface area contributed by atoms with Crippen molar-refractivity contribution in [2.24, 2.45) is 11.8 Å². The lowest BCUT2D eigenvalue weighted by Crippen LogP contribution is -2.22. The Balaban J connectivity index is 2.01. The van der Waals surface area contributed by atoms with Crippen molar-refractivity contribution in [2.45, 2.75) is 32.0 Å². The van der Waals surface area contributed by atoms with Crippen LogP contribution in [0.25, 0.3) is 0 Å². The van der Waals surface area contributed by atoms with Crippen molar-refractivity contribution in [1.82, 2.24) is 0 Å². The monoisotopic (exact) mass is 142 g/mol. The van der Waals surface area contributed by atoms with Gasteiger partial charge in [-0.1, -0.05) is 12.8 Å². The maximum Gasteiger partial charge on any atom is 0.157 e. The smallest absolute Gasteiger partial charge is 0.157 e. The maximum absolute atomic E-state index is 9.30. The second-order valence-corrected chi connectivity index (χ2v) is 3.43. The molecule has 0 aromatic heterocycles. The number of aliphatic hydroxyl groups is 1. The van der Waals surface area contributed by atoms with Crippen LogP contribution in [-0.2, 0) is 4.74 Å². The van der Waals surface area contributed by atoms with Crippen molar-refractivity contribution >= 4 is 0 Å². The van der Waals surface area contributed by atoms with Gasteiger partial charge in [0.1, 0.15) is 0 Å². The number of ether oxygens (including phenoxy) is 1. The molecule has 10 heavy (non-hydrogen) atoms. The van der Waals surface area contributed by atoms with Gasteiger partial charge in [0.05, 0.1) is 6.61 Å². The van der Waals surface area contributed by atoms with Gasteiger partial charge in [0, 0.05) is 5.92 Å². The Morgan fingerprint density at radius 3 is 2.80 bits per heavy atom. The van der Waals surface area contributed by atoms with Gasteiger partial charge in [-0.3, -0.25) is 0 Å². The predicted molar refractivity (Wildman–Crippen MR) is 37.4 cm³/mol. The van der Waals surface area contributed by atoms with Crippen LogP contribution in [-0.4, -0.2) is 18.0 Å². The Hall–Kier alpha value is -0.0800. The minimum Gasteiger partial charge on any atom is -0.368 e. The first kappa shape index (κ1) is 6.62. The normalized spacial score (nSPS) is 47.1. The molecule has 0 aromatic carbocycles. The number of aliphatic hydroxyl groups excluding tert-OH is 1. The quantitative estimate of drug-likeness (QED) is 0.549. The van der Waals surface area contributed by atoms with Crippen LogP contribution in [0.2, 0.25) is 0 Å². The van der Waals surface area contributed by atoms with E-state index in [4.69, 9.17) is 4.74 Å². The van der Waals surface area contributed by atoms with Gasteiger partial charge >= 0.3 is 0 Å². The Morgan fingerprint density at radius 1 is 1.20 bits per heavy atom. The molecule has 3 atom stereocenters. The summed E-state index contributed by atoms with van der Waals surface area (Å²) in [7, 11) is 0. The third-order valence-electron chi connectivity index (χ3n) is 2.82. The van der Waals surface area contributed by atoms with E-state index in [2.05, 4.69) is 0 Å². The predicted octanol–water partition coefficient (Wildman–Crippen LogP) is 1.14. The zero-order valence-electron chi connectivity index (χ0n) is 6.12. The molecule has 1 heterocycles. The molecule has 0 aromatic rings. The van der Waals surface area contributed by atoms with Gasteiger partial charge in [0.25, 0.3) is 0 Å². The second kappa shape index (κ2) is 2.51. The van der Waals surface area contributed by atoms with Crippen molar-refractivity contribution in [3.05, 3.63) is 0 Å². The van der Waals surface area contributed by atoms with Gasteiger partial charge in [-0.2, -0.15) is 0 Å². The van der Waals surface area contributed by atoms with Crippen molar-refractivity contribution < 1.29 is 9.84 Å². The van der Waals surface area contributed by atoms with E-state index in [1.54, 1.807) is 0 Å². The van der Waals surface area contributed by atoms with E-state index < -0.39 is 6.29 Å². The van der Waals surface area contributed by atoms with Gasteiger partial charge in [0.2, 0.25) is 0 Å². The van der Waals surface area contributed by atoms with Gasteiger partial charge in [0.15, 0.2) is 6.29 Å². The van der Waals surface area contributed by atoms with Gasteiger partial charge in [-0.25, -0.2) is 0 Å². The molecule has 0 amide bonds. The van der Waals surface area contributed by atoms with E-state index in [0.29, 0.717) is 11.8 Å². The van der Waals surface area contributed by atoms with Crippen molar-refractivity contribution in [3.63, 3.8) is 0 Å². The Bertz CT molecular complexity index is 122. The molecular formula is C8H14O2. The van der Waals surface area contributed by atoms with Gasteiger partial charge in [-0.15, -0.1) is 0 Å². The lowest BCUT2D eigenvalue weighted by Gasteiger charge is -2.24. The summed E-state index contributed by atoms with van der Waals surface area (Å²) in [4.78, 5) is 0. The lowest BCUT2D eigenvalue weighted by atomic mass is 9.81. The fraction of sp³-hybridized carbons (Fsp3) is 1.00. The highest BCUT2D eigenvalue weighted by atomic mass is 16.6. The molecule has 2 fully saturated rings. The molecule has 2 heteroatoms. The minimum atomic E-state index is -0.440. The first-order valence-electron chi connectivity index (χ1n) is 4.17. The molecule has 0 bridgehead atoms. The van der Waals surface area contributed by atoms with E-state index in [0.717, 1.165) is 6.61 Å². The molecule has 1 N–H and O–H groups in total. The highest BCUT2D eigenvalue weighted by molar-refractivity contribution is 4.81. The number of rotatable bonds is 0. The first-order valence-corrected chi connectivity index (χ1v) is 4.17. The second-order valence-electron chi connectivity index (χ2n) is 3.43. The summed E-state index contributed by atoms with van der Waals surface area (Å²) in [5.41, 5.74) is 0. The van der Waals surface area contributed by atoms with Crippen LogP contribution >= 0.6 is 0 Å². The van der Waals surface area contributed by atoms with E-state index in [1.165, 1.54) is 25.7 Å². The highest BCUT2D eigenvalue weighted by Gasteiger charge is 2.37. The summed E-state index contributed by atoms with van der Waals surface area (Å²) in [6, 6.07) is 0. The maximum atomic E-state index is 9.30. The molecule has 2 nitrogen and oxygen atoms in total. The average Bonchev–Trinajstić information content (AvgIpc) is 2.34. The molecule has 1 aliphatic carbocycles. The fourth-order valence-corrected chi connectivity index (χ4v) is 2.16.